The fourth-order valence-electron chi connectivity index (χ4n) is 2.02. The van der Waals surface area contributed by atoms with Crippen LogP contribution in [0.25, 0.3) is 0 Å². The van der Waals surface area contributed by atoms with Crippen molar-refractivity contribution in [2.24, 2.45) is 0 Å². The standard InChI is InChI=1S/C11H15F2N3O2/c1-18-10-9(6-17)16-8(5-15-10)7-4-14-3-2-11(7,12)13/h5,7,14,17H,2-4,6H2,1H3. The molecule has 0 saturated carbocycles. The van der Waals surface area contributed by atoms with Gasteiger partial charge in [-0.25, -0.2) is 18.7 Å². The molecule has 1 aromatic heterocycles. The predicted octanol–water partition coefficient (Wildman–Crippen LogP) is 0.690. The van der Waals surface area contributed by atoms with Crippen LogP contribution in [-0.4, -0.2) is 41.2 Å². The number of hydrogen-bond donors (Lipinski definition) is 2. The van der Waals surface area contributed by atoms with Crippen LogP contribution < -0.4 is 10.1 Å². The van der Waals surface area contributed by atoms with Gasteiger partial charge in [0.1, 0.15) is 5.69 Å². The summed E-state index contributed by atoms with van der Waals surface area (Å²) in [7, 11) is 1.39. The van der Waals surface area contributed by atoms with Crippen molar-refractivity contribution in [1.82, 2.24) is 15.3 Å². The minimum Gasteiger partial charge on any atom is -0.480 e. The van der Waals surface area contributed by atoms with Crippen LogP contribution in [0.3, 0.4) is 0 Å². The molecule has 1 aromatic rings. The van der Waals surface area contributed by atoms with Gasteiger partial charge in [-0.3, -0.25) is 0 Å². The minimum absolute atomic E-state index is 0.152. The van der Waals surface area contributed by atoms with Crippen LogP contribution in [0.2, 0.25) is 0 Å². The van der Waals surface area contributed by atoms with E-state index in [1.165, 1.54) is 13.3 Å². The molecule has 100 valence electrons. The number of methoxy groups -OCH3 is 1. The summed E-state index contributed by atoms with van der Waals surface area (Å²) < 4.78 is 32.4. The van der Waals surface area contributed by atoms with E-state index in [4.69, 9.17) is 9.84 Å². The zero-order valence-electron chi connectivity index (χ0n) is 9.99. The average molecular weight is 259 g/mol. The van der Waals surface area contributed by atoms with Gasteiger partial charge in [-0.15, -0.1) is 0 Å². The van der Waals surface area contributed by atoms with Crippen molar-refractivity contribution in [3.05, 3.63) is 17.6 Å². The molecule has 0 bridgehead atoms. The van der Waals surface area contributed by atoms with Crippen molar-refractivity contribution >= 4 is 0 Å². The molecular formula is C11H15F2N3O2. The van der Waals surface area contributed by atoms with Crippen LogP contribution in [0.15, 0.2) is 6.20 Å². The number of aliphatic hydroxyl groups is 1. The van der Waals surface area contributed by atoms with E-state index in [2.05, 4.69) is 15.3 Å². The molecule has 1 fully saturated rings. The third kappa shape index (κ3) is 2.41. The molecule has 2 N–H and O–H groups in total. The molecule has 1 unspecified atom stereocenters. The van der Waals surface area contributed by atoms with E-state index < -0.39 is 18.4 Å². The van der Waals surface area contributed by atoms with Crippen LogP contribution in [0, 0.1) is 0 Å². The quantitative estimate of drug-likeness (QED) is 0.836. The van der Waals surface area contributed by atoms with Crippen molar-refractivity contribution in [1.29, 1.82) is 0 Å². The lowest BCUT2D eigenvalue weighted by molar-refractivity contribution is -0.0493. The number of aromatic nitrogens is 2. The summed E-state index contributed by atoms with van der Waals surface area (Å²) in [6, 6.07) is 0. The highest BCUT2D eigenvalue weighted by Gasteiger charge is 2.43. The highest BCUT2D eigenvalue weighted by atomic mass is 19.3. The fraction of sp³-hybridized carbons (Fsp3) is 0.636. The number of piperidine rings is 1. The summed E-state index contributed by atoms with van der Waals surface area (Å²) >= 11 is 0. The summed E-state index contributed by atoms with van der Waals surface area (Å²) in [5, 5.41) is 12.0. The van der Waals surface area contributed by atoms with Gasteiger partial charge in [-0.1, -0.05) is 0 Å². The van der Waals surface area contributed by atoms with Gasteiger partial charge in [-0.05, 0) is 0 Å². The van der Waals surface area contributed by atoms with Crippen LogP contribution in [-0.2, 0) is 6.61 Å². The van der Waals surface area contributed by atoms with Gasteiger partial charge >= 0.3 is 0 Å². The summed E-state index contributed by atoms with van der Waals surface area (Å²) in [6.07, 6.45) is 1.06. The molecule has 2 rings (SSSR count). The highest BCUT2D eigenvalue weighted by molar-refractivity contribution is 5.22. The Kier molecular flexibility index (Phi) is 3.72. The number of alkyl halides is 2. The molecule has 1 saturated heterocycles. The normalized spacial score (nSPS) is 22.8. The van der Waals surface area contributed by atoms with Gasteiger partial charge in [0.05, 0.1) is 31.5 Å². The lowest BCUT2D eigenvalue weighted by atomic mass is 9.92. The van der Waals surface area contributed by atoms with Crippen molar-refractivity contribution in [2.75, 3.05) is 20.2 Å². The first-order valence-corrected chi connectivity index (χ1v) is 5.67. The van der Waals surface area contributed by atoms with Crippen LogP contribution in [0.1, 0.15) is 23.7 Å². The van der Waals surface area contributed by atoms with Crippen molar-refractivity contribution < 1.29 is 18.6 Å². The Balaban J connectivity index is 2.32. The summed E-state index contributed by atoms with van der Waals surface area (Å²) in [5.41, 5.74) is 0.355. The second-order valence-electron chi connectivity index (χ2n) is 4.18. The first-order valence-electron chi connectivity index (χ1n) is 5.67. The van der Waals surface area contributed by atoms with Gasteiger partial charge in [0.2, 0.25) is 5.88 Å². The Labute approximate surface area is 103 Å². The molecule has 0 amide bonds. The molecule has 0 aliphatic carbocycles. The molecule has 1 aliphatic rings. The largest absolute Gasteiger partial charge is 0.480 e. The van der Waals surface area contributed by atoms with Crippen molar-refractivity contribution in [3.63, 3.8) is 0 Å². The van der Waals surface area contributed by atoms with E-state index in [1.54, 1.807) is 0 Å². The molecule has 1 aliphatic heterocycles. The number of aliphatic hydroxyl groups excluding tert-OH is 1. The van der Waals surface area contributed by atoms with E-state index in [0.29, 0.717) is 6.54 Å². The zero-order chi connectivity index (χ0) is 13.2. The first-order chi connectivity index (χ1) is 8.58. The number of rotatable bonds is 3. The number of halogens is 2. The highest BCUT2D eigenvalue weighted by Crippen LogP contribution is 2.37. The summed E-state index contributed by atoms with van der Waals surface area (Å²) in [4.78, 5) is 7.93. The predicted molar refractivity (Wildman–Crippen MR) is 59.7 cm³/mol. The Bertz CT molecular complexity index is 429. The van der Waals surface area contributed by atoms with E-state index in [0.717, 1.165) is 0 Å². The van der Waals surface area contributed by atoms with E-state index >= 15 is 0 Å². The third-order valence-electron chi connectivity index (χ3n) is 3.02. The minimum atomic E-state index is -2.80. The molecule has 7 heteroatoms. The van der Waals surface area contributed by atoms with Crippen LogP contribution >= 0.6 is 0 Å². The average Bonchev–Trinajstić information content (AvgIpc) is 2.37. The number of hydrogen-bond acceptors (Lipinski definition) is 5. The molecule has 0 radical (unpaired) electrons. The van der Waals surface area contributed by atoms with Gasteiger partial charge in [0.25, 0.3) is 5.92 Å². The maximum Gasteiger partial charge on any atom is 0.258 e. The summed E-state index contributed by atoms with van der Waals surface area (Å²) in [6.45, 7) is 0.0501. The van der Waals surface area contributed by atoms with Gasteiger partial charge in [0, 0.05) is 19.5 Å². The van der Waals surface area contributed by atoms with Crippen LogP contribution in [0.5, 0.6) is 5.88 Å². The molecular weight excluding hydrogens is 244 g/mol. The second-order valence-corrected chi connectivity index (χ2v) is 4.18. The monoisotopic (exact) mass is 259 g/mol. The van der Waals surface area contributed by atoms with Crippen molar-refractivity contribution in [3.8, 4) is 5.88 Å². The zero-order valence-corrected chi connectivity index (χ0v) is 9.99. The van der Waals surface area contributed by atoms with Gasteiger partial charge < -0.3 is 15.2 Å². The number of ether oxygens (including phenoxy) is 1. The first kappa shape index (κ1) is 13.1. The molecule has 0 spiro atoms. The smallest absolute Gasteiger partial charge is 0.258 e. The second kappa shape index (κ2) is 5.11. The number of nitrogens with zero attached hydrogens (tertiary/aromatic N) is 2. The van der Waals surface area contributed by atoms with Crippen molar-refractivity contribution in [2.45, 2.75) is 24.9 Å². The Morgan fingerprint density at radius 3 is 3.00 bits per heavy atom. The Hall–Kier alpha value is -1.34. The molecule has 5 nitrogen and oxygen atoms in total. The maximum atomic E-state index is 13.8. The third-order valence-corrected chi connectivity index (χ3v) is 3.02. The summed E-state index contributed by atoms with van der Waals surface area (Å²) in [5.74, 6) is -3.66. The Morgan fingerprint density at radius 2 is 2.39 bits per heavy atom. The van der Waals surface area contributed by atoms with Crippen LogP contribution in [0.4, 0.5) is 8.78 Å². The van der Waals surface area contributed by atoms with Gasteiger partial charge in [-0.2, -0.15) is 0 Å². The van der Waals surface area contributed by atoms with E-state index in [9.17, 15) is 8.78 Å². The molecule has 1 atom stereocenters. The Morgan fingerprint density at radius 1 is 1.61 bits per heavy atom. The topological polar surface area (TPSA) is 67.3 Å². The maximum absolute atomic E-state index is 13.8. The van der Waals surface area contributed by atoms with Gasteiger partial charge in [0.15, 0.2) is 0 Å². The lowest BCUT2D eigenvalue weighted by Crippen LogP contribution is -2.43. The molecule has 0 aromatic carbocycles. The number of nitrogens with one attached hydrogen (secondary N) is 1. The fourth-order valence-corrected chi connectivity index (χ4v) is 2.02. The van der Waals surface area contributed by atoms with E-state index in [1.807, 2.05) is 0 Å². The molecule has 18 heavy (non-hydrogen) atoms. The lowest BCUT2D eigenvalue weighted by Gasteiger charge is -2.31. The SMILES string of the molecule is COc1ncc(C2CNCCC2(F)F)nc1CO. The van der Waals surface area contributed by atoms with E-state index in [-0.39, 0.29) is 30.2 Å². The molecule has 2 heterocycles.